The number of amides is 1. The highest BCUT2D eigenvalue weighted by Crippen LogP contribution is 2.23. The molecule has 0 fully saturated rings. The van der Waals surface area contributed by atoms with Gasteiger partial charge in [0, 0.05) is 26.2 Å². The molecule has 0 saturated heterocycles. The first-order valence-electron chi connectivity index (χ1n) is 7.40. The van der Waals surface area contributed by atoms with Gasteiger partial charge >= 0.3 is 0 Å². The van der Waals surface area contributed by atoms with Crippen LogP contribution in [0.1, 0.15) is 18.8 Å². The molecule has 0 aliphatic carbocycles. The second-order valence-electron chi connectivity index (χ2n) is 5.52. The van der Waals surface area contributed by atoms with Crippen molar-refractivity contribution < 1.29 is 33.6 Å². The first-order chi connectivity index (χ1) is 11.8. The number of aliphatic hydroxyl groups is 3. The maximum Gasteiger partial charge on any atom is 0.217 e. The highest BCUT2D eigenvalue weighted by molar-refractivity contribution is 5.76. The van der Waals surface area contributed by atoms with Crippen molar-refractivity contribution in [1.29, 1.82) is 0 Å². The molecule has 1 amide bonds. The van der Waals surface area contributed by atoms with E-state index in [-0.39, 0.29) is 16.9 Å². The zero-order valence-corrected chi connectivity index (χ0v) is 13.5. The summed E-state index contributed by atoms with van der Waals surface area (Å²) in [5, 5.41) is 32.1. The summed E-state index contributed by atoms with van der Waals surface area (Å²) < 4.78 is 31.5. The smallest absolute Gasteiger partial charge is 0.217 e. The van der Waals surface area contributed by atoms with Crippen molar-refractivity contribution in [3.05, 3.63) is 29.6 Å². The van der Waals surface area contributed by atoms with E-state index in [2.05, 4.69) is 15.3 Å². The molecule has 0 saturated carbocycles. The Hall–Kier alpha value is -2.14. The van der Waals surface area contributed by atoms with E-state index < -0.39 is 48.5 Å². The number of aromatic nitrogens is 2. The number of H-pyrrole nitrogens is 1. The molecule has 1 aromatic carbocycles. The molecular weight excluding hydrogens is 340 g/mol. The molecule has 2 rings (SSSR count). The van der Waals surface area contributed by atoms with Gasteiger partial charge in [-0.05, 0) is 0 Å². The van der Waals surface area contributed by atoms with Gasteiger partial charge in [0.15, 0.2) is 11.6 Å². The van der Waals surface area contributed by atoms with Gasteiger partial charge in [0.1, 0.15) is 30.2 Å². The van der Waals surface area contributed by atoms with E-state index in [1.165, 1.54) is 14.0 Å². The Morgan fingerprint density at radius 1 is 1.32 bits per heavy atom. The lowest BCUT2D eigenvalue weighted by Gasteiger charge is -2.29. The molecule has 25 heavy (non-hydrogen) atoms. The number of imidazole rings is 1. The lowest BCUT2D eigenvalue weighted by Crippen LogP contribution is -2.48. The van der Waals surface area contributed by atoms with Crippen molar-refractivity contribution >= 4 is 16.9 Å². The molecule has 3 unspecified atom stereocenters. The normalized spacial score (nSPS) is 16.4. The fourth-order valence-electron chi connectivity index (χ4n) is 2.45. The standard InChI is InChI=1S/C15H19F2N3O5/c1-6(22)18-12(14(24)13(23)11(5-21)25-2)15-19-9-3-7(16)8(17)4-10(9)20-15/h3-4,11-14,21,23-24H,5H2,1-2H3,(H,18,22)(H,19,20)/t11?,12?,13-,14?/m1/s1. The van der Waals surface area contributed by atoms with Gasteiger partial charge < -0.3 is 30.4 Å². The number of fused-ring (bicyclic) bond motifs is 1. The molecule has 0 aliphatic heterocycles. The fourth-order valence-corrected chi connectivity index (χ4v) is 2.45. The maximum atomic E-state index is 13.3. The second kappa shape index (κ2) is 7.83. The van der Waals surface area contributed by atoms with Crippen molar-refractivity contribution in [3.63, 3.8) is 0 Å². The van der Waals surface area contributed by atoms with Gasteiger partial charge in [-0.3, -0.25) is 4.79 Å². The number of ether oxygens (including phenoxy) is 1. The summed E-state index contributed by atoms with van der Waals surface area (Å²) in [5.74, 6) is -2.73. The van der Waals surface area contributed by atoms with E-state index in [1.807, 2.05) is 0 Å². The number of carbonyl (C=O) groups is 1. The van der Waals surface area contributed by atoms with Crippen LogP contribution < -0.4 is 5.32 Å². The highest BCUT2D eigenvalue weighted by Gasteiger charge is 2.35. The highest BCUT2D eigenvalue weighted by atomic mass is 19.2. The van der Waals surface area contributed by atoms with Gasteiger partial charge in [-0.2, -0.15) is 0 Å². The van der Waals surface area contributed by atoms with Crippen LogP contribution in [0, 0.1) is 11.6 Å². The molecule has 138 valence electrons. The SMILES string of the molecule is COC(CO)[C@@H](O)C(O)C(NC(C)=O)c1nc2cc(F)c(F)cc2[nH]1. The number of carbonyl (C=O) groups excluding carboxylic acids is 1. The van der Waals surface area contributed by atoms with Gasteiger partial charge in [-0.1, -0.05) is 0 Å². The summed E-state index contributed by atoms with van der Waals surface area (Å²) in [6.07, 6.45) is -4.28. The summed E-state index contributed by atoms with van der Waals surface area (Å²) in [6.45, 7) is 0.617. The number of hydrogen-bond donors (Lipinski definition) is 5. The average molecular weight is 359 g/mol. The molecule has 4 atom stereocenters. The zero-order chi connectivity index (χ0) is 18.7. The lowest BCUT2D eigenvalue weighted by atomic mass is 10.0. The molecule has 8 nitrogen and oxygen atoms in total. The minimum atomic E-state index is -1.61. The van der Waals surface area contributed by atoms with Gasteiger partial charge in [-0.15, -0.1) is 0 Å². The number of halogens is 2. The Kier molecular flexibility index (Phi) is 6.01. The van der Waals surface area contributed by atoms with Crippen LogP contribution in [-0.2, 0) is 9.53 Å². The zero-order valence-electron chi connectivity index (χ0n) is 13.5. The Labute approximate surface area is 141 Å². The minimum absolute atomic E-state index is 0.0189. The summed E-state index contributed by atoms with van der Waals surface area (Å²) in [7, 11) is 1.23. The van der Waals surface area contributed by atoms with Crippen LogP contribution in [0.4, 0.5) is 8.78 Å². The Balaban J connectivity index is 2.41. The topological polar surface area (TPSA) is 128 Å². The molecule has 2 aromatic rings. The van der Waals surface area contributed by atoms with Crippen LogP contribution in [0.2, 0.25) is 0 Å². The molecule has 0 aliphatic rings. The van der Waals surface area contributed by atoms with E-state index in [0.717, 1.165) is 12.1 Å². The number of rotatable bonds is 7. The van der Waals surface area contributed by atoms with Crippen LogP contribution in [0.5, 0.6) is 0 Å². The Morgan fingerprint density at radius 2 is 1.96 bits per heavy atom. The van der Waals surface area contributed by atoms with E-state index in [1.54, 1.807) is 0 Å². The fraction of sp³-hybridized carbons (Fsp3) is 0.467. The molecule has 0 spiro atoms. The number of aromatic amines is 1. The molecule has 1 heterocycles. The molecule has 10 heteroatoms. The monoisotopic (exact) mass is 359 g/mol. The quantitative estimate of drug-likeness (QED) is 0.464. The number of nitrogens with zero attached hydrogens (tertiary/aromatic N) is 1. The molecular formula is C15H19F2N3O5. The van der Waals surface area contributed by atoms with Crippen LogP contribution in [0.3, 0.4) is 0 Å². The van der Waals surface area contributed by atoms with E-state index in [9.17, 15) is 23.8 Å². The predicted octanol–water partition coefficient (Wildman–Crippen LogP) is -0.253. The van der Waals surface area contributed by atoms with Crippen molar-refractivity contribution in [1.82, 2.24) is 15.3 Å². The van der Waals surface area contributed by atoms with Crippen molar-refractivity contribution in [2.45, 2.75) is 31.3 Å². The Morgan fingerprint density at radius 3 is 2.52 bits per heavy atom. The Bertz CT molecular complexity index is 711. The third-order valence-electron chi connectivity index (χ3n) is 3.75. The number of benzene rings is 1. The van der Waals surface area contributed by atoms with E-state index >= 15 is 0 Å². The van der Waals surface area contributed by atoms with Crippen molar-refractivity contribution in [2.75, 3.05) is 13.7 Å². The number of nitrogens with one attached hydrogen (secondary N) is 2. The molecule has 0 radical (unpaired) electrons. The number of aliphatic hydroxyl groups excluding tert-OH is 3. The first-order valence-corrected chi connectivity index (χ1v) is 7.40. The van der Waals surface area contributed by atoms with Gasteiger partial charge in [0.2, 0.25) is 5.91 Å². The third kappa shape index (κ3) is 4.10. The first kappa shape index (κ1) is 19.2. The van der Waals surface area contributed by atoms with Crippen molar-refractivity contribution in [2.24, 2.45) is 0 Å². The van der Waals surface area contributed by atoms with Crippen LogP contribution in [0.15, 0.2) is 12.1 Å². The summed E-state index contributed by atoms with van der Waals surface area (Å²) in [6, 6.07) is 0.528. The molecule has 1 aromatic heterocycles. The molecule has 5 N–H and O–H groups in total. The second-order valence-corrected chi connectivity index (χ2v) is 5.52. The molecule has 0 bridgehead atoms. The van der Waals surface area contributed by atoms with Gasteiger partial charge in [0.25, 0.3) is 0 Å². The van der Waals surface area contributed by atoms with Crippen LogP contribution in [0.25, 0.3) is 11.0 Å². The van der Waals surface area contributed by atoms with Crippen LogP contribution >= 0.6 is 0 Å². The minimum Gasteiger partial charge on any atom is -0.394 e. The lowest BCUT2D eigenvalue weighted by molar-refractivity contribution is -0.125. The summed E-state index contributed by atoms with van der Waals surface area (Å²) in [5.41, 5.74) is 0.229. The summed E-state index contributed by atoms with van der Waals surface area (Å²) in [4.78, 5) is 18.1. The largest absolute Gasteiger partial charge is 0.394 e. The average Bonchev–Trinajstić information content (AvgIpc) is 2.95. The van der Waals surface area contributed by atoms with Gasteiger partial charge in [-0.25, -0.2) is 13.8 Å². The summed E-state index contributed by atoms with van der Waals surface area (Å²) >= 11 is 0. The van der Waals surface area contributed by atoms with E-state index in [0.29, 0.717) is 0 Å². The van der Waals surface area contributed by atoms with Crippen LogP contribution in [-0.4, -0.2) is 63.2 Å². The number of methoxy groups -OCH3 is 1. The maximum absolute atomic E-state index is 13.3. The third-order valence-corrected chi connectivity index (χ3v) is 3.75. The van der Waals surface area contributed by atoms with Gasteiger partial charge in [0.05, 0.1) is 17.6 Å². The van der Waals surface area contributed by atoms with Crippen molar-refractivity contribution in [3.8, 4) is 0 Å². The van der Waals surface area contributed by atoms with E-state index in [4.69, 9.17) is 9.84 Å². The predicted molar refractivity (Wildman–Crippen MR) is 82.5 cm³/mol. The number of hydrogen-bond acceptors (Lipinski definition) is 6.